The molecule has 0 spiro atoms. The summed E-state index contributed by atoms with van der Waals surface area (Å²) >= 11 is 0. The highest BCUT2D eigenvalue weighted by Gasteiger charge is 2.13. The van der Waals surface area contributed by atoms with Gasteiger partial charge in [-0.05, 0) is 0 Å². The van der Waals surface area contributed by atoms with Crippen LogP contribution in [0.4, 0.5) is 0 Å². The van der Waals surface area contributed by atoms with Gasteiger partial charge in [-0.25, -0.2) is 4.79 Å². The standard InChI is InChI=1S/C5H6NO2/c7-5-3-1-2-4-6(5)8/h1,3-4,8H,2H2/q+1. The summed E-state index contributed by atoms with van der Waals surface area (Å²) in [6.45, 7) is 0. The van der Waals surface area contributed by atoms with E-state index in [2.05, 4.69) is 0 Å². The van der Waals surface area contributed by atoms with Crippen LogP contribution < -0.4 is 0 Å². The molecule has 3 nitrogen and oxygen atoms in total. The smallest absolute Gasteiger partial charge is 0.282 e. The minimum Gasteiger partial charge on any atom is -0.282 e. The average molecular weight is 112 g/mol. The highest BCUT2D eigenvalue weighted by molar-refractivity contribution is 5.84. The second kappa shape index (κ2) is 1.78. The van der Waals surface area contributed by atoms with Crippen molar-refractivity contribution in [1.82, 2.24) is 0 Å². The summed E-state index contributed by atoms with van der Waals surface area (Å²) in [6.07, 6.45) is 5.06. The van der Waals surface area contributed by atoms with Gasteiger partial charge in [0, 0.05) is 11.2 Å². The van der Waals surface area contributed by atoms with Crippen LogP contribution in [0.1, 0.15) is 6.42 Å². The Morgan fingerprint density at radius 3 is 2.88 bits per heavy atom. The Bertz CT molecular complexity index is 169. The molecular formula is C5H6NO2+. The van der Waals surface area contributed by atoms with E-state index in [0.717, 1.165) is 0 Å². The predicted molar refractivity (Wildman–Crippen MR) is 26.9 cm³/mol. The van der Waals surface area contributed by atoms with Crippen molar-refractivity contribution < 1.29 is 14.7 Å². The fraction of sp³-hybridized carbons (Fsp3) is 0.200. The van der Waals surface area contributed by atoms with Crippen molar-refractivity contribution >= 4 is 12.1 Å². The summed E-state index contributed by atoms with van der Waals surface area (Å²) < 4.78 is 0.583. The average Bonchev–Trinajstić information content (AvgIpc) is 1.77. The highest BCUT2D eigenvalue weighted by Crippen LogP contribution is 1.87. The van der Waals surface area contributed by atoms with E-state index in [1.165, 1.54) is 12.3 Å². The number of nitrogens with zero attached hydrogens (tertiary/aromatic N) is 1. The van der Waals surface area contributed by atoms with Gasteiger partial charge in [-0.1, -0.05) is 6.08 Å². The third-order valence-electron chi connectivity index (χ3n) is 0.901. The van der Waals surface area contributed by atoms with Crippen molar-refractivity contribution in [3.05, 3.63) is 12.2 Å². The third kappa shape index (κ3) is 0.753. The lowest BCUT2D eigenvalue weighted by Gasteiger charge is -1.87. The zero-order valence-corrected chi connectivity index (χ0v) is 4.24. The summed E-state index contributed by atoms with van der Waals surface area (Å²) in [6, 6.07) is 0. The Morgan fingerprint density at radius 2 is 2.50 bits per heavy atom. The Kier molecular flexibility index (Phi) is 1.12. The number of hydrogen-bond acceptors (Lipinski definition) is 2. The van der Waals surface area contributed by atoms with Gasteiger partial charge in [-0.15, -0.1) is 0 Å². The van der Waals surface area contributed by atoms with Crippen molar-refractivity contribution in [3.63, 3.8) is 0 Å². The molecule has 0 fully saturated rings. The molecule has 0 aliphatic carbocycles. The topological polar surface area (TPSA) is 40.3 Å². The Balaban J connectivity index is 2.78. The number of hydrogen-bond donors (Lipinski definition) is 1. The summed E-state index contributed by atoms with van der Waals surface area (Å²) in [7, 11) is 0. The first-order chi connectivity index (χ1) is 3.80. The second-order valence-electron chi connectivity index (χ2n) is 1.50. The molecule has 0 aromatic heterocycles. The van der Waals surface area contributed by atoms with E-state index in [0.29, 0.717) is 11.2 Å². The Morgan fingerprint density at radius 1 is 1.75 bits per heavy atom. The maximum Gasteiger partial charge on any atom is 0.458 e. The fourth-order valence-corrected chi connectivity index (χ4v) is 0.496. The Labute approximate surface area is 46.5 Å². The van der Waals surface area contributed by atoms with Crippen molar-refractivity contribution in [1.29, 1.82) is 0 Å². The van der Waals surface area contributed by atoms with Crippen LogP contribution in [0.3, 0.4) is 0 Å². The third-order valence-corrected chi connectivity index (χ3v) is 0.901. The molecule has 42 valence electrons. The maximum atomic E-state index is 10.4. The van der Waals surface area contributed by atoms with Gasteiger partial charge in [0.05, 0.1) is 6.08 Å². The molecule has 0 saturated carbocycles. The second-order valence-corrected chi connectivity index (χ2v) is 1.50. The molecule has 1 heterocycles. The predicted octanol–water partition coefficient (Wildman–Crippen LogP) is -0.0546. The highest BCUT2D eigenvalue weighted by atomic mass is 16.5. The molecule has 0 aromatic rings. The van der Waals surface area contributed by atoms with Crippen molar-refractivity contribution in [2.75, 3.05) is 0 Å². The number of carbonyl (C=O) groups is 1. The monoisotopic (exact) mass is 112 g/mol. The summed E-state index contributed by atoms with van der Waals surface area (Å²) in [4.78, 5) is 10.4. The first kappa shape index (κ1) is 5.03. The van der Waals surface area contributed by atoms with Gasteiger partial charge in [0.1, 0.15) is 0 Å². The number of carbonyl (C=O) groups excluding carboxylic acids is 1. The minimum absolute atomic E-state index is 0.378. The van der Waals surface area contributed by atoms with Crippen LogP contribution in [0.25, 0.3) is 0 Å². The molecule has 0 aromatic carbocycles. The van der Waals surface area contributed by atoms with Gasteiger partial charge in [0.15, 0.2) is 0 Å². The largest absolute Gasteiger partial charge is 0.458 e. The van der Waals surface area contributed by atoms with Crippen LogP contribution in [0.15, 0.2) is 12.2 Å². The van der Waals surface area contributed by atoms with Gasteiger partial charge in [0.25, 0.3) is 0 Å². The molecule has 1 rings (SSSR count). The van der Waals surface area contributed by atoms with E-state index in [1.54, 1.807) is 6.08 Å². The lowest BCUT2D eigenvalue weighted by Crippen LogP contribution is -2.17. The van der Waals surface area contributed by atoms with Gasteiger partial charge >= 0.3 is 5.91 Å². The summed E-state index contributed by atoms with van der Waals surface area (Å²) in [5, 5.41) is 8.55. The fourth-order valence-electron chi connectivity index (χ4n) is 0.496. The molecule has 1 N–H and O–H groups in total. The first-order valence-electron chi connectivity index (χ1n) is 2.32. The lowest BCUT2D eigenvalue weighted by atomic mass is 10.3. The quantitative estimate of drug-likeness (QED) is 0.271. The lowest BCUT2D eigenvalue weighted by molar-refractivity contribution is -0.700. The van der Waals surface area contributed by atoms with Crippen molar-refractivity contribution in [2.24, 2.45) is 0 Å². The van der Waals surface area contributed by atoms with E-state index in [9.17, 15) is 4.79 Å². The van der Waals surface area contributed by atoms with Crippen LogP contribution in [0.5, 0.6) is 0 Å². The SMILES string of the molecule is O=C1C=CCC=[N+]1O. The molecular weight excluding hydrogens is 106 g/mol. The summed E-state index contributed by atoms with van der Waals surface area (Å²) in [5.74, 6) is -0.378. The molecule has 3 heteroatoms. The summed E-state index contributed by atoms with van der Waals surface area (Å²) in [5.41, 5.74) is 0. The van der Waals surface area contributed by atoms with Crippen LogP contribution in [-0.2, 0) is 4.79 Å². The number of allylic oxidation sites excluding steroid dienone is 1. The van der Waals surface area contributed by atoms with E-state index < -0.39 is 0 Å². The van der Waals surface area contributed by atoms with E-state index in [-0.39, 0.29) is 5.91 Å². The maximum absolute atomic E-state index is 10.4. The van der Waals surface area contributed by atoms with Crippen molar-refractivity contribution in [2.45, 2.75) is 6.42 Å². The molecule has 1 aliphatic heterocycles. The number of rotatable bonds is 0. The zero-order valence-electron chi connectivity index (χ0n) is 4.24. The minimum atomic E-state index is -0.378. The molecule has 8 heavy (non-hydrogen) atoms. The van der Waals surface area contributed by atoms with Gasteiger partial charge in [-0.3, -0.25) is 5.21 Å². The molecule has 0 bridgehead atoms. The molecule has 0 atom stereocenters. The molecule has 1 amide bonds. The number of hydroxylamine groups is 1. The van der Waals surface area contributed by atoms with Crippen LogP contribution in [0.2, 0.25) is 0 Å². The van der Waals surface area contributed by atoms with E-state index in [4.69, 9.17) is 5.21 Å². The molecule has 0 unspecified atom stereocenters. The number of amides is 1. The molecule has 0 saturated heterocycles. The zero-order chi connectivity index (χ0) is 5.98. The van der Waals surface area contributed by atoms with Gasteiger partial charge in [-0.2, -0.15) is 0 Å². The van der Waals surface area contributed by atoms with Gasteiger partial charge < -0.3 is 0 Å². The Hall–Kier alpha value is -1.12. The van der Waals surface area contributed by atoms with Gasteiger partial charge in [0.2, 0.25) is 6.21 Å². The van der Waals surface area contributed by atoms with E-state index in [1.807, 2.05) is 0 Å². The molecule has 0 radical (unpaired) electrons. The van der Waals surface area contributed by atoms with Crippen LogP contribution in [-0.4, -0.2) is 22.1 Å². The van der Waals surface area contributed by atoms with Crippen LogP contribution in [0, 0.1) is 0 Å². The van der Waals surface area contributed by atoms with Crippen LogP contribution >= 0.6 is 0 Å². The molecule has 1 aliphatic rings. The normalized spacial score (nSPS) is 18.5. The van der Waals surface area contributed by atoms with E-state index >= 15 is 0 Å². The van der Waals surface area contributed by atoms with Crippen molar-refractivity contribution in [3.8, 4) is 0 Å². The first-order valence-corrected chi connectivity index (χ1v) is 2.32.